The number of aromatic nitrogens is 1. The van der Waals surface area contributed by atoms with Gasteiger partial charge in [-0.3, -0.25) is 0 Å². The van der Waals surface area contributed by atoms with Crippen LogP contribution in [0.3, 0.4) is 0 Å². The molecule has 1 heterocycles. The molecule has 0 radical (unpaired) electrons. The number of carboxylic acids is 1. The van der Waals surface area contributed by atoms with Gasteiger partial charge in [-0.25, -0.2) is 9.78 Å². The predicted molar refractivity (Wildman–Crippen MR) is 72.3 cm³/mol. The van der Waals surface area contributed by atoms with Gasteiger partial charge in [0.25, 0.3) is 0 Å². The summed E-state index contributed by atoms with van der Waals surface area (Å²) in [6.07, 6.45) is 0. The first-order chi connectivity index (χ1) is 8.58. The Balaban J connectivity index is 2.28. The number of carbonyl (C=O) groups is 1. The molecule has 18 heavy (non-hydrogen) atoms. The van der Waals surface area contributed by atoms with Crippen molar-refractivity contribution < 1.29 is 9.90 Å². The summed E-state index contributed by atoms with van der Waals surface area (Å²) in [7, 11) is 0. The molecule has 2 N–H and O–H groups in total. The van der Waals surface area contributed by atoms with Crippen molar-refractivity contribution in [2.75, 3.05) is 5.32 Å². The third-order valence-corrected chi connectivity index (χ3v) is 3.66. The summed E-state index contributed by atoms with van der Waals surface area (Å²) in [5.74, 6) is -0.942. The fourth-order valence-corrected chi connectivity index (χ4v) is 2.61. The Bertz CT molecular complexity index is 571. The zero-order chi connectivity index (χ0) is 13.1. The van der Waals surface area contributed by atoms with Crippen molar-refractivity contribution in [2.24, 2.45) is 0 Å². The van der Waals surface area contributed by atoms with Crippen LogP contribution in [0.1, 0.15) is 16.6 Å². The van der Waals surface area contributed by atoms with Gasteiger partial charge in [-0.15, -0.1) is 11.3 Å². The van der Waals surface area contributed by atoms with Gasteiger partial charge in [-0.1, -0.05) is 17.7 Å². The molecular weight excluding hydrogens is 272 g/mol. The topological polar surface area (TPSA) is 62.2 Å². The molecule has 0 aliphatic carbocycles. The highest BCUT2D eigenvalue weighted by Gasteiger charge is 2.23. The summed E-state index contributed by atoms with van der Waals surface area (Å²) in [5, 5.41) is 12.8. The van der Waals surface area contributed by atoms with Crippen LogP contribution in [0.15, 0.2) is 29.8 Å². The molecule has 0 aliphatic heterocycles. The summed E-state index contributed by atoms with van der Waals surface area (Å²) in [4.78, 5) is 16.1. The SMILES string of the molecule is Cc1ncsc1C(Nc1cccc(Cl)c1)C(=O)O. The lowest BCUT2D eigenvalue weighted by atomic mass is 10.2. The van der Waals surface area contributed by atoms with Gasteiger partial charge in [0.05, 0.1) is 16.1 Å². The summed E-state index contributed by atoms with van der Waals surface area (Å²) in [6, 6.07) is 6.16. The molecule has 1 unspecified atom stereocenters. The number of thiazole rings is 1. The third kappa shape index (κ3) is 2.80. The maximum atomic E-state index is 11.3. The van der Waals surface area contributed by atoms with Crippen LogP contribution in [0.2, 0.25) is 5.02 Å². The molecular formula is C12H11ClN2O2S. The van der Waals surface area contributed by atoms with Crippen molar-refractivity contribution in [3.8, 4) is 0 Å². The Hall–Kier alpha value is -1.59. The molecule has 4 nitrogen and oxygen atoms in total. The average molecular weight is 283 g/mol. The molecule has 94 valence electrons. The largest absolute Gasteiger partial charge is 0.479 e. The molecule has 0 spiro atoms. The number of nitrogens with zero attached hydrogens (tertiary/aromatic N) is 1. The second kappa shape index (κ2) is 5.37. The standard InChI is InChI=1S/C12H11ClN2O2S/c1-7-11(18-6-14-7)10(12(16)17)15-9-4-2-3-8(13)5-9/h2-6,10,15H,1H3,(H,16,17). The molecule has 0 aliphatic rings. The Morgan fingerprint density at radius 2 is 2.33 bits per heavy atom. The fourth-order valence-electron chi connectivity index (χ4n) is 1.57. The second-order valence-electron chi connectivity index (χ2n) is 3.73. The van der Waals surface area contributed by atoms with E-state index in [2.05, 4.69) is 10.3 Å². The molecule has 0 fully saturated rings. The van der Waals surface area contributed by atoms with Crippen molar-refractivity contribution >= 4 is 34.6 Å². The Labute approximate surface area is 113 Å². The molecule has 1 aromatic carbocycles. The van der Waals surface area contributed by atoms with Crippen molar-refractivity contribution in [1.82, 2.24) is 4.98 Å². The zero-order valence-corrected chi connectivity index (χ0v) is 11.1. The number of carboxylic acid groups (broad SMARTS) is 1. The van der Waals surface area contributed by atoms with Crippen LogP contribution >= 0.6 is 22.9 Å². The summed E-state index contributed by atoms with van der Waals surface area (Å²) in [6.45, 7) is 1.79. The van der Waals surface area contributed by atoms with E-state index >= 15 is 0 Å². The van der Waals surface area contributed by atoms with Gasteiger partial charge in [0, 0.05) is 10.7 Å². The molecule has 1 aromatic heterocycles. The number of rotatable bonds is 4. The highest BCUT2D eigenvalue weighted by atomic mass is 35.5. The minimum absolute atomic E-state index is 0.560. The molecule has 6 heteroatoms. The third-order valence-electron chi connectivity index (χ3n) is 2.43. The quantitative estimate of drug-likeness (QED) is 0.903. The van der Waals surface area contributed by atoms with Crippen LogP contribution in [0.25, 0.3) is 0 Å². The van der Waals surface area contributed by atoms with E-state index in [1.165, 1.54) is 11.3 Å². The van der Waals surface area contributed by atoms with Crippen molar-refractivity contribution in [2.45, 2.75) is 13.0 Å². The highest BCUT2D eigenvalue weighted by molar-refractivity contribution is 7.10. The van der Waals surface area contributed by atoms with Gasteiger partial charge in [-0.2, -0.15) is 0 Å². The first-order valence-corrected chi connectivity index (χ1v) is 6.48. The number of benzene rings is 1. The molecule has 2 aromatic rings. The van der Waals surface area contributed by atoms with Crippen LogP contribution in [0.5, 0.6) is 0 Å². The Morgan fingerprint density at radius 1 is 1.56 bits per heavy atom. The fraction of sp³-hybridized carbons (Fsp3) is 0.167. The number of halogens is 1. The number of aryl methyl sites for hydroxylation is 1. The van der Waals surface area contributed by atoms with E-state index in [1.54, 1.807) is 36.7 Å². The van der Waals surface area contributed by atoms with E-state index in [0.29, 0.717) is 15.6 Å². The van der Waals surface area contributed by atoms with E-state index < -0.39 is 12.0 Å². The summed E-state index contributed by atoms with van der Waals surface area (Å²) < 4.78 is 0. The van der Waals surface area contributed by atoms with Crippen molar-refractivity contribution in [3.05, 3.63) is 45.4 Å². The van der Waals surface area contributed by atoms with Crippen LogP contribution < -0.4 is 5.32 Å². The van der Waals surface area contributed by atoms with Crippen molar-refractivity contribution in [3.63, 3.8) is 0 Å². The van der Waals surface area contributed by atoms with Crippen molar-refractivity contribution in [1.29, 1.82) is 0 Å². The van der Waals surface area contributed by atoms with E-state index in [1.807, 2.05) is 0 Å². The molecule has 0 saturated heterocycles. The maximum Gasteiger partial charge on any atom is 0.331 e. The van der Waals surface area contributed by atoms with Gasteiger partial charge in [-0.05, 0) is 25.1 Å². The zero-order valence-electron chi connectivity index (χ0n) is 9.55. The first-order valence-electron chi connectivity index (χ1n) is 5.23. The first kappa shape index (κ1) is 12.9. The normalized spacial score (nSPS) is 12.1. The lowest BCUT2D eigenvalue weighted by molar-refractivity contribution is -0.138. The van der Waals surface area contributed by atoms with Gasteiger partial charge in [0.1, 0.15) is 0 Å². The van der Waals surface area contributed by atoms with E-state index in [4.69, 9.17) is 11.6 Å². The molecule has 0 saturated carbocycles. The van der Waals surface area contributed by atoms with Crippen LogP contribution in [-0.2, 0) is 4.79 Å². The number of anilines is 1. The number of hydrogen-bond donors (Lipinski definition) is 2. The van der Waals surface area contributed by atoms with Gasteiger partial charge in [0.15, 0.2) is 6.04 Å². The van der Waals surface area contributed by atoms with Gasteiger partial charge in [0.2, 0.25) is 0 Å². The minimum Gasteiger partial charge on any atom is -0.479 e. The number of nitrogens with one attached hydrogen (secondary N) is 1. The smallest absolute Gasteiger partial charge is 0.331 e. The predicted octanol–water partition coefficient (Wildman–Crippen LogP) is 3.34. The second-order valence-corrected chi connectivity index (χ2v) is 5.05. The van der Waals surface area contributed by atoms with Gasteiger partial charge < -0.3 is 10.4 Å². The van der Waals surface area contributed by atoms with Crippen LogP contribution in [0.4, 0.5) is 5.69 Å². The highest BCUT2D eigenvalue weighted by Crippen LogP contribution is 2.26. The molecule has 0 amide bonds. The number of aliphatic carboxylic acids is 1. The molecule has 2 rings (SSSR count). The number of hydrogen-bond acceptors (Lipinski definition) is 4. The summed E-state index contributed by atoms with van der Waals surface area (Å²) >= 11 is 7.19. The lowest BCUT2D eigenvalue weighted by Gasteiger charge is -2.15. The van der Waals surface area contributed by atoms with E-state index in [0.717, 1.165) is 5.69 Å². The molecule has 1 atom stereocenters. The summed E-state index contributed by atoms with van der Waals surface area (Å²) in [5.41, 5.74) is 3.03. The Kier molecular flexibility index (Phi) is 3.84. The van der Waals surface area contributed by atoms with Crippen LogP contribution in [0, 0.1) is 6.92 Å². The maximum absolute atomic E-state index is 11.3. The van der Waals surface area contributed by atoms with E-state index in [9.17, 15) is 9.90 Å². The Morgan fingerprint density at radius 3 is 2.89 bits per heavy atom. The monoisotopic (exact) mass is 282 g/mol. The lowest BCUT2D eigenvalue weighted by Crippen LogP contribution is -2.20. The molecule has 0 bridgehead atoms. The van der Waals surface area contributed by atoms with Gasteiger partial charge >= 0.3 is 5.97 Å². The van der Waals surface area contributed by atoms with E-state index in [-0.39, 0.29) is 0 Å². The minimum atomic E-state index is -0.942. The average Bonchev–Trinajstić information content (AvgIpc) is 2.72. The van der Waals surface area contributed by atoms with Crippen LogP contribution in [-0.4, -0.2) is 16.1 Å².